The third kappa shape index (κ3) is 2.42. The number of isocyanates is 1. The maximum Gasteiger partial charge on any atom is 0.235 e. The van der Waals surface area contributed by atoms with Gasteiger partial charge in [0.15, 0.2) is 0 Å². The number of aliphatic imine (C=N–C) groups is 1. The molecular weight excluding hydrogens is 190 g/mol. The maximum absolute atomic E-state index is 10.3. The number of nitrogens with zero attached hydrogens (tertiary/aromatic N) is 3. The van der Waals surface area contributed by atoms with Crippen LogP contribution in [0, 0.1) is 0 Å². The molecule has 4 nitrogen and oxygen atoms in total. The van der Waals surface area contributed by atoms with Crippen molar-refractivity contribution in [3.05, 3.63) is 23.9 Å². The van der Waals surface area contributed by atoms with Crippen LogP contribution in [0.15, 0.2) is 23.3 Å². The number of aromatic nitrogens is 1. The molecule has 1 aromatic heterocycles. The fourth-order valence-corrected chi connectivity index (χ4v) is 1.41. The molecule has 15 heavy (non-hydrogen) atoms. The molecular formula is C11H15N3O. The lowest BCUT2D eigenvalue weighted by atomic mass is 9.95. The quantitative estimate of drug-likeness (QED) is 0.557. The average Bonchev–Trinajstić information content (AvgIpc) is 2.17. The SMILES string of the molecule is CN(C)c1ncccc1C(C)(C)N=C=O. The Morgan fingerprint density at radius 1 is 1.47 bits per heavy atom. The predicted molar refractivity (Wildman–Crippen MR) is 59.7 cm³/mol. The molecule has 0 fully saturated rings. The smallest absolute Gasteiger partial charge is 0.235 e. The van der Waals surface area contributed by atoms with E-state index in [0.29, 0.717) is 0 Å². The van der Waals surface area contributed by atoms with Crippen molar-refractivity contribution in [2.24, 2.45) is 4.99 Å². The van der Waals surface area contributed by atoms with Crippen molar-refractivity contribution in [2.75, 3.05) is 19.0 Å². The standard InChI is InChI=1S/C11H15N3O/c1-11(2,13-8-15)9-6-5-7-12-10(9)14(3)4/h5-7H,1-4H3. The molecule has 0 aliphatic rings. The second kappa shape index (κ2) is 4.24. The van der Waals surface area contributed by atoms with Crippen molar-refractivity contribution in [2.45, 2.75) is 19.4 Å². The summed E-state index contributed by atoms with van der Waals surface area (Å²) in [7, 11) is 3.82. The van der Waals surface area contributed by atoms with Crippen LogP contribution >= 0.6 is 0 Å². The first-order chi connectivity index (χ1) is 6.99. The number of anilines is 1. The summed E-state index contributed by atoms with van der Waals surface area (Å²) in [5, 5.41) is 0. The number of pyridine rings is 1. The Hall–Kier alpha value is -1.67. The summed E-state index contributed by atoms with van der Waals surface area (Å²) in [6.45, 7) is 3.73. The van der Waals surface area contributed by atoms with Crippen molar-refractivity contribution in [3.63, 3.8) is 0 Å². The fourth-order valence-electron chi connectivity index (χ4n) is 1.41. The molecule has 1 heterocycles. The van der Waals surface area contributed by atoms with Gasteiger partial charge in [0.05, 0.1) is 5.54 Å². The van der Waals surface area contributed by atoms with E-state index in [9.17, 15) is 4.79 Å². The van der Waals surface area contributed by atoms with E-state index in [4.69, 9.17) is 0 Å². The normalized spacial score (nSPS) is 10.7. The molecule has 0 saturated carbocycles. The Morgan fingerprint density at radius 3 is 2.67 bits per heavy atom. The molecule has 0 atom stereocenters. The Kier molecular flexibility index (Phi) is 3.22. The molecule has 0 spiro atoms. The van der Waals surface area contributed by atoms with E-state index in [0.717, 1.165) is 11.4 Å². The van der Waals surface area contributed by atoms with Crippen LogP contribution in [0.1, 0.15) is 19.4 Å². The van der Waals surface area contributed by atoms with Crippen LogP contribution in [0.25, 0.3) is 0 Å². The summed E-state index contributed by atoms with van der Waals surface area (Å²) < 4.78 is 0. The molecule has 4 heteroatoms. The minimum atomic E-state index is -0.588. The molecule has 0 aliphatic carbocycles. The first-order valence-electron chi connectivity index (χ1n) is 4.71. The Labute approximate surface area is 89.7 Å². The molecule has 1 rings (SSSR count). The van der Waals surface area contributed by atoms with Gasteiger partial charge in [-0.05, 0) is 19.9 Å². The van der Waals surface area contributed by atoms with Gasteiger partial charge in [0.2, 0.25) is 6.08 Å². The lowest BCUT2D eigenvalue weighted by Gasteiger charge is -2.24. The molecule has 0 bridgehead atoms. The number of carbonyl (C=O) groups excluding carboxylic acids is 1. The Bertz CT molecular complexity index is 393. The molecule has 80 valence electrons. The van der Waals surface area contributed by atoms with Crippen LogP contribution in [-0.2, 0) is 10.3 Å². The van der Waals surface area contributed by atoms with Crippen molar-refractivity contribution in [1.29, 1.82) is 0 Å². The highest BCUT2D eigenvalue weighted by Crippen LogP contribution is 2.30. The lowest BCUT2D eigenvalue weighted by Crippen LogP contribution is -2.21. The predicted octanol–water partition coefficient (Wildman–Crippen LogP) is 1.72. The summed E-state index contributed by atoms with van der Waals surface area (Å²) >= 11 is 0. The topological polar surface area (TPSA) is 45.6 Å². The third-order valence-electron chi connectivity index (χ3n) is 2.19. The van der Waals surface area contributed by atoms with Gasteiger partial charge in [0, 0.05) is 25.9 Å². The van der Waals surface area contributed by atoms with Gasteiger partial charge >= 0.3 is 0 Å². The number of rotatable bonds is 3. The summed E-state index contributed by atoms with van der Waals surface area (Å²) in [6.07, 6.45) is 3.32. The third-order valence-corrected chi connectivity index (χ3v) is 2.19. The van der Waals surface area contributed by atoms with E-state index in [1.165, 1.54) is 0 Å². The van der Waals surface area contributed by atoms with Crippen molar-refractivity contribution < 1.29 is 4.79 Å². The van der Waals surface area contributed by atoms with Gasteiger partial charge in [-0.2, -0.15) is 4.99 Å². The van der Waals surface area contributed by atoms with Gasteiger partial charge in [-0.15, -0.1) is 0 Å². The number of hydrogen-bond acceptors (Lipinski definition) is 4. The molecule has 0 aromatic carbocycles. The van der Waals surface area contributed by atoms with E-state index in [1.807, 2.05) is 45.0 Å². The van der Waals surface area contributed by atoms with Gasteiger partial charge in [-0.1, -0.05) is 6.07 Å². The van der Waals surface area contributed by atoms with Crippen molar-refractivity contribution in [3.8, 4) is 0 Å². The minimum Gasteiger partial charge on any atom is -0.362 e. The van der Waals surface area contributed by atoms with Crippen molar-refractivity contribution in [1.82, 2.24) is 4.98 Å². The Morgan fingerprint density at radius 2 is 2.13 bits per heavy atom. The first-order valence-corrected chi connectivity index (χ1v) is 4.71. The monoisotopic (exact) mass is 205 g/mol. The second-order valence-corrected chi connectivity index (χ2v) is 4.03. The summed E-state index contributed by atoms with van der Waals surface area (Å²) in [4.78, 5) is 20.3. The van der Waals surface area contributed by atoms with Crippen LogP contribution < -0.4 is 4.90 Å². The van der Waals surface area contributed by atoms with E-state index in [2.05, 4.69) is 9.98 Å². The Balaban J connectivity index is 3.30. The molecule has 0 N–H and O–H groups in total. The minimum absolute atomic E-state index is 0.588. The highest BCUT2D eigenvalue weighted by molar-refractivity contribution is 5.50. The summed E-state index contributed by atoms with van der Waals surface area (Å²) in [5.41, 5.74) is 0.327. The van der Waals surface area contributed by atoms with Crippen LogP contribution in [-0.4, -0.2) is 25.2 Å². The molecule has 0 saturated heterocycles. The molecule has 0 aliphatic heterocycles. The second-order valence-electron chi connectivity index (χ2n) is 4.03. The van der Waals surface area contributed by atoms with E-state index in [1.54, 1.807) is 12.3 Å². The van der Waals surface area contributed by atoms with Gasteiger partial charge in [0.1, 0.15) is 5.82 Å². The van der Waals surface area contributed by atoms with Gasteiger partial charge < -0.3 is 4.90 Å². The molecule has 0 radical (unpaired) electrons. The lowest BCUT2D eigenvalue weighted by molar-refractivity contribution is 0.522. The van der Waals surface area contributed by atoms with E-state index >= 15 is 0 Å². The van der Waals surface area contributed by atoms with Crippen LogP contribution in [0.2, 0.25) is 0 Å². The van der Waals surface area contributed by atoms with Crippen LogP contribution in [0.5, 0.6) is 0 Å². The fraction of sp³-hybridized carbons (Fsp3) is 0.455. The maximum atomic E-state index is 10.3. The van der Waals surface area contributed by atoms with E-state index < -0.39 is 5.54 Å². The highest BCUT2D eigenvalue weighted by atomic mass is 16.1. The van der Waals surface area contributed by atoms with Gasteiger partial charge in [-0.3, -0.25) is 0 Å². The molecule has 0 amide bonds. The number of hydrogen-bond donors (Lipinski definition) is 0. The zero-order valence-electron chi connectivity index (χ0n) is 9.48. The average molecular weight is 205 g/mol. The molecule has 0 unspecified atom stereocenters. The zero-order valence-corrected chi connectivity index (χ0v) is 9.48. The molecule has 1 aromatic rings. The highest BCUT2D eigenvalue weighted by Gasteiger charge is 2.24. The van der Waals surface area contributed by atoms with Crippen molar-refractivity contribution >= 4 is 11.9 Å². The van der Waals surface area contributed by atoms with Gasteiger partial charge in [-0.25, -0.2) is 9.78 Å². The summed E-state index contributed by atoms with van der Waals surface area (Å²) in [5.74, 6) is 0.821. The van der Waals surface area contributed by atoms with Gasteiger partial charge in [0.25, 0.3) is 0 Å². The largest absolute Gasteiger partial charge is 0.362 e. The first kappa shape index (κ1) is 11.4. The zero-order chi connectivity index (χ0) is 11.5. The summed E-state index contributed by atoms with van der Waals surface area (Å²) in [6, 6.07) is 3.76. The van der Waals surface area contributed by atoms with Crippen LogP contribution in [0.4, 0.5) is 5.82 Å². The van der Waals surface area contributed by atoms with E-state index in [-0.39, 0.29) is 0 Å². The van der Waals surface area contributed by atoms with Crippen LogP contribution in [0.3, 0.4) is 0 Å².